The molecular weight excluding hydrogens is 340 g/mol. The van der Waals surface area contributed by atoms with Gasteiger partial charge in [0.15, 0.2) is 0 Å². The van der Waals surface area contributed by atoms with Crippen molar-refractivity contribution >= 4 is 21.6 Å². The lowest BCUT2D eigenvalue weighted by atomic mass is 10.1. The molecule has 1 amide bonds. The first kappa shape index (κ1) is 19.0. The number of carbonyl (C=O) groups excluding carboxylic acids is 1. The SMILES string of the molecule is COc1ccc(C(=O)Nc2cc(C)ccc2C)cc1S(=O)(=O)N(C)C. The van der Waals surface area contributed by atoms with Crippen molar-refractivity contribution in [2.24, 2.45) is 0 Å². The second-order valence-corrected chi connectivity index (χ2v) is 8.05. The molecular formula is C18H22N2O4S. The van der Waals surface area contributed by atoms with E-state index in [1.165, 1.54) is 39.4 Å². The van der Waals surface area contributed by atoms with Gasteiger partial charge in [-0.25, -0.2) is 12.7 Å². The van der Waals surface area contributed by atoms with Gasteiger partial charge in [0, 0.05) is 25.3 Å². The average molecular weight is 362 g/mol. The molecule has 0 aliphatic rings. The molecule has 2 rings (SSSR count). The number of sulfonamides is 1. The number of nitrogens with one attached hydrogen (secondary N) is 1. The standard InChI is InChI=1S/C18H22N2O4S/c1-12-6-7-13(2)15(10-12)19-18(21)14-8-9-16(24-5)17(11-14)25(22,23)20(3)4/h6-11H,1-5H3,(H,19,21). The first-order valence-corrected chi connectivity index (χ1v) is 9.10. The zero-order chi connectivity index (χ0) is 18.8. The van der Waals surface area contributed by atoms with E-state index in [1.54, 1.807) is 0 Å². The number of methoxy groups -OCH3 is 1. The number of aryl methyl sites for hydroxylation is 2. The highest BCUT2D eigenvalue weighted by Crippen LogP contribution is 2.27. The van der Waals surface area contributed by atoms with Crippen LogP contribution in [0.25, 0.3) is 0 Å². The number of anilines is 1. The molecule has 0 saturated carbocycles. The van der Waals surface area contributed by atoms with Gasteiger partial charge in [0.2, 0.25) is 10.0 Å². The zero-order valence-corrected chi connectivity index (χ0v) is 15.8. The maximum Gasteiger partial charge on any atom is 0.255 e. The molecule has 0 aliphatic carbocycles. The smallest absolute Gasteiger partial charge is 0.255 e. The van der Waals surface area contributed by atoms with Crippen LogP contribution in [0.1, 0.15) is 21.5 Å². The van der Waals surface area contributed by atoms with Gasteiger partial charge in [0.25, 0.3) is 5.91 Å². The lowest BCUT2D eigenvalue weighted by Crippen LogP contribution is -2.23. The molecule has 134 valence electrons. The van der Waals surface area contributed by atoms with Crippen LogP contribution < -0.4 is 10.1 Å². The molecule has 25 heavy (non-hydrogen) atoms. The maximum absolute atomic E-state index is 12.6. The number of hydrogen-bond donors (Lipinski definition) is 1. The molecule has 0 heterocycles. The topological polar surface area (TPSA) is 75.7 Å². The Labute approximate surface area is 148 Å². The van der Waals surface area contributed by atoms with Crippen LogP contribution in [0.15, 0.2) is 41.3 Å². The molecule has 0 unspecified atom stereocenters. The third-order valence-corrected chi connectivity index (χ3v) is 5.66. The normalized spacial score (nSPS) is 11.4. The van der Waals surface area contributed by atoms with Crippen molar-refractivity contribution < 1.29 is 17.9 Å². The lowest BCUT2D eigenvalue weighted by molar-refractivity contribution is 0.102. The van der Waals surface area contributed by atoms with Crippen LogP contribution in [0, 0.1) is 13.8 Å². The maximum atomic E-state index is 12.6. The fraction of sp³-hybridized carbons (Fsp3) is 0.278. The fourth-order valence-corrected chi connectivity index (χ4v) is 3.36. The number of ether oxygens (including phenoxy) is 1. The summed E-state index contributed by atoms with van der Waals surface area (Å²) in [6, 6.07) is 10.1. The first-order valence-electron chi connectivity index (χ1n) is 7.66. The summed E-state index contributed by atoms with van der Waals surface area (Å²) in [5.41, 5.74) is 2.88. The predicted molar refractivity (Wildman–Crippen MR) is 97.7 cm³/mol. The number of benzene rings is 2. The molecule has 2 aromatic carbocycles. The van der Waals surface area contributed by atoms with Crippen molar-refractivity contribution in [3.63, 3.8) is 0 Å². The molecule has 0 fully saturated rings. The fourth-order valence-electron chi connectivity index (χ4n) is 2.28. The molecule has 0 radical (unpaired) electrons. The van der Waals surface area contributed by atoms with E-state index in [9.17, 15) is 13.2 Å². The van der Waals surface area contributed by atoms with Crippen molar-refractivity contribution in [2.75, 3.05) is 26.5 Å². The summed E-state index contributed by atoms with van der Waals surface area (Å²) in [4.78, 5) is 12.5. The van der Waals surface area contributed by atoms with Gasteiger partial charge in [-0.2, -0.15) is 0 Å². The number of hydrogen-bond acceptors (Lipinski definition) is 4. The van der Waals surface area contributed by atoms with Crippen LogP contribution in [-0.4, -0.2) is 39.8 Å². The lowest BCUT2D eigenvalue weighted by Gasteiger charge is -2.16. The van der Waals surface area contributed by atoms with E-state index in [0.717, 1.165) is 15.4 Å². The van der Waals surface area contributed by atoms with Gasteiger partial charge >= 0.3 is 0 Å². The van der Waals surface area contributed by atoms with Crippen molar-refractivity contribution in [2.45, 2.75) is 18.7 Å². The van der Waals surface area contributed by atoms with E-state index < -0.39 is 10.0 Å². The van der Waals surface area contributed by atoms with Gasteiger partial charge in [-0.15, -0.1) is 0 Å². The van der Waals surface area contributed by atoms with Gasteiger partial charge in [0.1, 0.15) is 10.6 Å². The van der Waals surface area contributed by atoms with Crippen LogP contribution >= 0.6 is 0 Å². The summed E-state index contributed by atoms with van der Waals surface area (Å²) in [6.45, 7) is 3.83. The quantitative estimate of drug-likeness (QED) is 0.887. The van der Waals surface area contributed by atoms with Gasteiger partial charge in [-0.3, -0.25) is 4.79 Å². The third-order valence-electron chi connectivity index (χ3n) is 3.83. The summed E-state index contributed by atoms with van der Waals surface area (Å²) in [6.07, 6.45) is 0. The number of carbonyl (C=O) groups is 1. The predicted octanol–water partition coefficient (Wildman–Crippen LogP) is 2.81. The molecule has 1 N–H and O–H groups in total. The molecule has 0 aliphatic heterocycles. The second-order valence-electron chi connectivity index (χ2n) is 5.93. The van der Waals surface area contributed by atoms with Crippen LogP contribution in [0.5, 0.6) is 5.75 Å². The van der Waals surface area contributed by atoms with E-state index >= 15 is 0 Å². The highest BCUT2D eigenvalue weighted by Gasteiger charge is 2.24. The summed E-state index contributed by atoms with van der Waals surface area (Å²) >= 11 is 0. The van der Waals surface area contributed by atoms with Gasteiger partial charge < -0.3 is 10.1 Å². The minimum Gasteiger partial charge on any atom is -0.495 e. The second kappa shape index (κ2) is 7.25. The monoisotopic (exact) mass is 362 g/mol. The first-order chi connectivity index (χ1) is 11.7. The molecule has 0 spiro atoms. The van der Waals surface area contributed by atoms with Gasteiger partial charge in [0.05, 0.1) is 7.11 Å². The van der Waals surface area contributed by atoms with Crippen molar-refractivity contribution in [1.29, 1.82) is 0 Å². The summed E-state index contributed by atoms with van der Waals surface area (Å²) in [5.74, 6) is -0.191. The van der Waals surface area contributed by atoms with Crippen LogP contribution in [-0.2, 0) is 10.0 Å². The minimum atomic E-state index is -3.74. The van der Waals surface area contributed by atoms with Crippen LogP contribution in [0.2, 0.25) is 0 Å². The molecule has 0 atom stereocenters. The Morgan fingerprint density at radius 1 is 1.08 bits per heavy atom. The number of amides is 1. The Morgan fingerprint density at radius 2 is 1.76 bits per heavy atom. The Balaban J connectivity index is 2.43. The van der Waals surface area contributed by atoms with Crippen molar-refractivity contribution in [3.8, 4) is 5.75 Å². The number of nitrogens with zero attached hydrogens (tertiary/aromatic N) is 1. The van der Waals surface area contributed by atoms with E-state index in [1.807, 2.05) is 32.0 Å². The highest BCUT2D eigenvalue weighted by atomic mass is 32.2. The highest BCUT2D eigenvalue weighted by molar-refractivity contribution is 7.89. The van der Waals surface area contributed by atoms with E-state index in [2.05, 4.69) is 5.32 Å². The largest absolute Gasteiger partial charge is 0.495 e. The Kier molecular flexibility index (Phi) is 5.49. The molecule has 0 saturated heterocycles. The van der Waals surface area contributed by atoms with E-state index in [0.29, 0.717) is 5.69 Å². The molecule has 2 aromatic rings. The molecule has 0 aromatic heterocycles. The van der Waals surface area contributed by atoms with Gasteiger partial charge in [-0.05, 0) is 49.2 Å². The van der Waals surface area contributed by atoms with Crippen LogP contribution in [0.3, 0.4) is 0 Å². The summed E-state index contributed by atoms with van der Waals surface area (Å²) in [7, 11) is 0.510. The van der Waals surface area contributed by atoms with Crippen molar-refractivity contribution in [1.82, 2.24) is 4.31 Å². The average Bonchev–Trinajstić information content (AvgIpc) is 2.57. The number of rotatable bonds is 5. The van der Waals surface area contributed by atoms with Crippen molar-refractivity contribution in [3.05, 3.63) is 53.1 Å². The summed E-state index contributed by atoms with van der Waals surface area (Å²) in [5, 5.41) is 2.82. The Morgan fingerprint density at radius 3 is 2.36 bits per heavy atom. The van der Waals surface area contributed by atoms with E-state index in [4.69, 9.17) is 4.74 Å². The summed E-state index contributed by atoms with van der Waals surface area (Å²) < 4.78 is 31.1. The Bertz CT molecular complexity index is 905. The minimum absolute atomic E-state index is 0.0476. The van der Waals surface area contributed by atoms with Gasteiger partial charge in [-0.1, -0.05) is 12.1 Å². The molecule has 0 bridgehead atoms. The Hall–Kier alpha value is -2.38. The zero-order valence-electron chi connectivity index (χ0n) is 15.0. The van der Waals surface area contributed by atoms with E-state index in [-0.39, 0.29) is 22.1 Å². The molecule has 7 heteroatoms. The van der Waals surface area contributed by atoms with Crippen LogP contribution in [0.4, 0.5) is 5.69 Å². The third kappa shape index (κ3) is 4.00. The molecule has 6 nitrogen and oxygen atoms in total.